The smallest absolute Gasteiger partial charge is 0.129 e. The standard InChI is InChI=1S/C9H9BrFO2/c10-8-2-1-3-9(11)7(8)6-13-5-4-12/h1-3H,4-6H2. The molecule has 0 aliphatic rings. The monoisotopic (exact) mass is 247 g/mol. The molecule has 1 radical (unpaired) electrons. The summed E-state index contributed by atoms with van der Waals surface area (Å²) in [5, 5.41) is 10.1. The molecular weight excluding hydrogens is 239 g/mol. The Bertz CT molecular complexity index is 258. The van der Waals surface area contributed by atoms with Crippen LogP contribution < -0.4 is 0 Å². The van der Waals surface area contributed by atoms with Crippen LogP contribution in [0, 0.1) is 5.82 Å². The first-order valence-corrected chi connectivity index (χ1v) is 4.63. The highest BCUT2D eigenvalue weighted by Gasteiger charge is 2.05. The molecule has 1 rings (SSSR count). The Morgan fingerprint density at radius 3 is 2.85 bits per heavy atom. The van der Waals surface area contributed by atoms with Crippen LogP contribution >= 0.6 is 15.9 Å². The average Bonchev–Trinajstić information content (AvgIpc) is 2.10. The Morgan fingerprint density at radius 1 is 1.46 bits per heavy atom. The van der Waals surface area contributed by atoms with Crippen LogP contribution in [0.2, 0.25) is 0 Å². The van der Waals surface area contributed by atoms with E-state index in [2.05, 4.69) is 15.9 Å². The van der Waals surface area contributed by atoms with Crippen molar-refractivity contribution in [2.24, 2.45) is 0 Å². The van der Waals surface area contributed by atoms with Gasteiger partial charge in [-0.3, -0.25) is 0 Å². The van der Waals surface area contributed by atoms with Crippen molar-refractivity contribution in [1.82, 2.24) is 0 Å². The zero-order valence-electron chi connectivity index (χ0n) is 6.93. The molecule has 0 aliphatic heterocycles. The van der Waals surface area contributed by atoms with E-state index in [1.54, 1.807) is 12.1 Å². The number of ether oxygens (including phenoxy) is 1. The predicted molar refractivity (Wildman–Crippen MR) is 49.3 cm³/mol. The van der Waals surface area contributed by atoms with Crippen LogP contribution in [0.15, 0.2) is 22.7 Å². The van der Waals surface area contributed by atoms with Crippen molar-refractivity contribution < 1.29 is 14.2 Å². The third kappa shape index (κ3) is 3.06. The summed E-state index contributed by atoms with van der Waals surface area (Å²) in [7, 11) is 0. The van der Waals surface area contributed by atoms with Gasteiger partial charge in [0.25, 0.3) is 0 Å². The lowest BCUT2D eigenvalue weighted by Gasteiger charge is -2.05. The summed E-state index contributed by atoms with van der Waals surface area (Å²) >= 11 is 3.20. The number of benzene rings is 1. The fourth-order valence-corrected chi connectivity index (χ4v) is 1.36. The summed E-state index contributed by atoms with van der Waals surface area (Å²) in [6, 6.07) is 4.70. The summed E-state index contributed by atoms with van der Waals surface area (Å²) in [6.45, 7) is -0.0532. The Hall–Kier alpha value is -0.450. The van der Waals surface area contributed by atoms with Crippen LogP contribution in [0.5, 0.6) is 0 Å². The maximum absolute atomic E-state index is 13.1. The van der Waals surface area contributed by atoms with E-state index in [0.29, 0.717) is 10.0 Å². The van der Waals surface area contributed by atoms with E-state index in [4.69, 9.17) is 4.74 Å². The van der Waals surface area contributed by atoms with Crippen molar-refractivity contribution in [2.75, 3.05) is 13.2 Å². The highest BCUT2D eigenvalue weighted by Crippen LogP contribution is 2.20. The van der Waals surface area contributed by atoms with Crippen LogP contribution in [-0.2, 0) is 16.5 Å². The molecule has 0 aromatic heterocycles. The maximum atomic E-state index is 13.1. The van der Waals surface area contributed by atoms with Gasteiger partial charge < -0.3 is 4.74 Å². The van der Waals surface area contributed by atoms with E-state index in [-0.39, 0.29) is 25.6 Å². The Morgan fingerprint density at radius 2 is 2.23 bits per heavy atom. The zero-order chi connectivity index (χ0) is 9.68. The Labute approximate surface area is 84.5 Å². The highest BCUT2D eigenvalue weighted by molar-refractivity contribution is 9.10. The minimum atomic E-state index is -0.319. The van der Waals surface area contributed by atoms with E-state index in [0.717, 1.165) is 0 Å². The molecule has 0 fully saturated rings. The largest absolute Gasteiger partial charge is 0.374 e. The van der Waals surface area contributed by atoms with E-state index >= 15 is 0 Å². The minimum absolute atomic E-state index is 0.112. The third-order valence-electron chi connectivity index (χ3n) is 1.54. The second kappa shape index (κ2) is 5.32. The van der Waals surface area contributed by atoms with Gasteiger partial charge in [0, 0.05) is 10.0 Å². The zero-order valence-corrected chi connectivity index (χ0v) is 8.51. The van der Waals surface area contributed by atoms with Gasteiger partial charge in [0.15, 0.2) is 0 Å². The van der Waals surface area contributed by atoms with Gasteiger partial charge in [-0.1, -0.05) is 22.0 Å². The molecule has 1 aromatic rings. The maximum Gasteiger partial charge on any atom is 0.129 e. The molecule has 0 saturated carbocycles. The molecule has 0 spiro atoms. The van der Waals surface area contributed by atoms with E-state index in [1.165, 1.54) is 6.07 Å². The number of rotatable bonds is 4. The van der Waals surface area contributed by atoms with Crippen molar-refractivity contribution in [3.63, 3.8) is 0 Å². The highest BCUT2D eigenvalue weighted by atomic mass is 79.9. The van der Waals surface area contributed by atoms with Crippen LogP contribution in [0.4, 0.5) is 4.39 Å². The quantitative estimate of drug-likeness (QED) is 0.753. The summed E-state index contributed by atoms with van der Waals surface area (Å²) in [6.07, 6.45) is 0. The summed E-state index contributed by atoms with van der Waals surface area (Å²) in [5.41, 5.74) is 0.455. The molecule has 0 atom stereocenters. The molecule has 0 bridgehead atoms. The number of hydrogen-bond donors (Lipinski definition) is 0. The van der Waals surface area contributed by atoms with Crippen molar-refractivity contribution in [2.45, 2.75) is 6.61 Å². The van der Waals surface area contributed by atoms with Gasteiger partial charge in [-0.15, -0.1) is 0 Å². The van der Waals surface area contributed by atoms with Crippen LogP contribution in [0.1, 0.15) is 5.56 Å². The van der Waals surface area contributed by atoms with E-state index in [9.17, 15) is 9.50 Å². The first-order valence-electron chi connectivity index (χ1n) is 3.84. The molecule has 0 unspecified atom stereocenters. The Balaban J connectivity index is 2.64. The second-order valence-electron chi connectivity index (χ2n) is 2.46. The summed E-state index contributed by atoms with van der Waals surface area (Å²) in [5.74, 6) is -0.319. The fraction of sp³-hybridized carbons (Fsp3) is 0.333. The normalized spacial score (nSPS) is 10.4. The third-order valence-corrected chi connectivity index (χ3v) is 2.28. The molecule has 0 saturated heterocycles. The molecule has 1 aromatic carbocycles. The lowest BCUT2D eigenvalue weighted by molar-refractivity contribution is 0.0536. The van der Waals surface area contributed by atoms with Crippen LogP contribution in [0.25, 0.3) is 0 Å². The van der Waals surface area contributed by atoms with Gasteiger partial charge in [0.2, 0.25) is 0 Å². The average molecular weight is 248 g/mol. The molecular formula is C9H9BrFO2. The van der Waals surface area contributed by atoms with Crippen LogP contribution in [0.3, 0.4) is 0 Å². The molecule has 13 heavy (non-hydrogen) atoms. The van der Waals surface area contributed by atoms with Gasteiger partial charge in [-0.05, 0) is 12.1 Å². The van der Waals surface area contributed by atoms with Gasteiger partial charge in [-0.25, -0.2) is 9.50 Å². The molecule has 71 valence electrons. The molecule has 0 N–H and O–H groups in total. The predicted octanol–water partition coefficient (Wildman–Crippen LogP) is 2.54. The molecule has 4 heteroatoms. The molecule has 0 heterocycles. The topological polar surface area (TPSA) is 29.1 Å². The number of halogens is 2. The Kier molecular flexibility index (Phi) is 4.35. The summed E-state index contributed by atoms with van der Waals surface area (Å²) < 4.78 is 18.7. The van der Waals surface area contributed by atoms with Gasteiger partial charge in [0.05, 0.1) is 13.2 Å². The van der Waals surface area contributed by atoms with Crippen molar-refractivity contribution in [1.29, 1.82) is 0 Å². The molecule has 0 aliphatic carbocycles. The first-order chi connectivity index (χ1) is 6.25. The summed E-state index contributed by atoms with van der Waals surface area (Å²) in [4.78, 5) is 0. The molecule has 2 nitrogen and oxygen atoms in total. The lowest BCUT2D eigenvalue weighted by Crippen LogP contribution is -2.01. The van der Waals surface area contributed by atoms with Crippen molar-refractivity contribution in [3.8, 4) is 0 Å². The fourth-order valence-electron chi connectivity index (χ4n) is 0.903. The van der Waals surface area contributed by atoms with Crippen LogP contribution in [-0.4, -0.2) is 13.2 Å². The van der Waals surface area contributed by atoms with E-state index in [1.807, 2.05) is 0 Å². The van der Waals surface area contributed by atoms with Crippen molar-refractivity contribution >= 4 is 15.9 Å². The lowest BCUT2D eigenvalue weighted by atomic mass is 10.2. The van der Waals surface area contributed by atoms with Gasteiger partial charge in [-0.2, -0.15) is 0 Å². The second-order valence-corrected chi connectivity index (χ2v) is 3.31. The van der Waals surface area contributed by atoms with E-state index < -0.39 is 0 Å². The molecule has 0 amide bonds. The minimum Gasteiger partial charge on any atom is -0.374 e. The SMILES string of the molecule is [O]CCOCc1c(F)cccc1Br. The first kappa shape index (κ1) is 10.6. The van der Waals surface area contributed by atoms with Crippen molar-refractivity contribution in [3.05, 3.63) is 34.1 Å². The van der Waals surface area contributed by atoms with Gasteiger partial charge >= 0.3 is 0 Å². The number of hydrogen-bond acceptors (Lipinski definition) is 1. The van der Waals surface area contributed by atoms with Gasteiger partial charge in [0.1, 0.15) is 12.4 Å².